The van der Waals surface area contributed by atoms with E-state index in [9.17, 15) is 9.59 Å². The molecule has 3 rings (SSSR count). The van der Waals surface area contributed by atoms with E-state index in [0.717, 1.165) is 11.3 Å². The zero-order valence-corrected chi connectivity index (χ0v) is 12.6. The molecule has 7 heteroatoms. The number of hydrogen-bond acceptors (Lipinski definition) is 5. The maximum absolute atomic E-state index is 12.3. The molecule has 0 aliphatic heterocycles. The lowest BCUT2D eigenvalue weighted by Crippen LogP contribution is -2.19. The van der Waals surface area contributed by atoms with Crippen LogP contribution in [-0.2, 0) is 6.54 Å². The molecule has 3 heterocycles. The van der Waals surface area contributed by atoms with Crippen LogP contribution in [0.15, 0.2) is 35.5 Å². The van der Waals surface area contributed by atoms with Gasteiger partial charge in [0.25, 0.3) is 0 Å². The fraction of sp³-hybridized carbons (Fsp3) is 0.188. The standard InChI is InChI=1S/C16H14N4O3/c1-3-20-8-12(16(22)23)13(21)11-7-18-14(19-15(11)20)10-4-5-17-9(2)6-10/h4-8H,3H2,1-2H3,(H,22,23). The largest absolute Gasteiger partial charge is 0.477 e. The summed E-state index contributed by atoms with van der Waals surface area (Å²) in [6.07, 6.45) is 4.37. The van der Waals surface area contributed by atoms with Crippen LogP contribution in [0.1, 0.15) is 23.0 Å². The molecule has 0 bridgehead atoms. The first-order chi connectivity index (χ1) is 11.0. The van der Waals surface area contributed by atoms with Gasteiger partial charge >= 0.3 is 5.97 Å². The molecule has 23 heavy (non-hydrogen) atoms. The van der Waals surface area contributed by atoms with Gasteiger partial charge in [0.2, 0.25) is 5.43 Å². The van der Waals surface area contributed by atoms with Gasteiger partial charge in [0, 0.05) is 36.4 Å². The number of rotatable bonds is 3. The number of carbonyl (C=O) groups is 1. The Labute approximate surface area is 131 Å². The van der Waals surface area contributed by atoms with Crippen LogP contribution < -0.4 is 5.43 Å². The van der Waals surface area contributed by atoms with Crippen LogP contribution in [0.2, 0.25) is 0 Å². The summed E-state index contributed by atoms with van der Waals surface area (Å²) in [6, 6.07) is 3.63. The summed E-state index contributed by atoms with van der Waals surface area (Å²) in [5, 5.41) is 9.34. The average molecular weight is 310 g/mol. The number of nitrogens with zero attached hydrogens (tertiary/aromatic N) is 4. The molecule has 0 saturated heterocycles. The number of pyridine rings is 2. The average Bonchev–Trinajstić information content (AvgIpc) is 2.54. The zero-order valence-electron chi connectivity index (χ0n) is 12.6. The number of fused-ring (bicyclic) bond motifs is 1. The van der Waals surface area contributed by atoms with Crippen LogP contribution in [0.25, 0.3) is 22.4 Å². The van der Waals surface area contributed by atoms with E-state index >= 15 is 0 Å². The van der Waals surface area contributed by atoms with Gasteiger partial charge < -0.3 is 9.67 Å². The molecular weight excluding hydrogens is 296 g/mol. The van der Waals surface area contributed by atoms with Gasteiger partial charge in [-0.2, -0.15) is 0 Å². The third-order valence-electron chi connectivity index (χ3n) is 3.54. The topological polar surface area (TPSA) is 98.0 Å². The minimum absolute atomic E-state index is 0.196. The van der Waals surface area contributed by atoms with E-state index in [2.05, 4.69) is 15.0 Å². The lowest BCUT2D eigenvalue weighted by molar-refractivity contribution is 0.0695. The molecule has 0 aromatic carbocycles. The first-order valence-electron chi connectivity index (χ1n) is 7.07. The Morgan fingerprint density at radius 2 is 2.13 bits per heavy atom. The molecule has 0 radical (unpaired) electrons. The number of aryl methyl sites for hydroxylation is 2. The zero-order chi connectivity index (χ0) is 16.6. The van der Waals surface area contributed by atoms with Crippen molar-refractivity contribution in [1.82, 2.24) is 19.5 Å². The van der Waals surface area contributed by atoms with Crippen LogP contribution in [0, 0.1) is 6.92 Å². The normalized spacial score (nSPS) is 10.9. The molecular formula is C16H14N4O3. The summed E-state index contributed by atoms with van der Waals surface area (Å²) in [6.45, 7) is 4.21. The Balaban J connectivity index is 2.30. The van der Waals surface area contributed by atoms with Crippen LogP contribution in [0.3, 0.4) is 0 Å². The molecule has 0 amide bonds. The Morgan fingerprint density at radius 3 is 2.78 bits per heavy atom. The summed E-state index contributed by atoms with van der Waals surface area (Å²) < 4.78 is 1.64. The monoisotopic (exact) mass is 310 g/mol. The van der Waals surface area contributed by atoms with Crippen molar-refractivity contribution in [2.45, 2.75) is 20.4 Å². The molecule has 0 aliphatic rings. The molecule has 0 atom stereocenters. The summed E-state index contributed by atoms with van der Waals surface area (Å²) in [5.74, 6) is -0.791. The third-order valence-corrected chi connectivity index (χ3v) is 3.54. The Hall–Kier alpha value is -3.09. The number of carboxylic acids is 1. The Morgan fingerprint density at radius 1 is 1.35 bits per heavy atom. The molecule has 0 aliphatic carbocycles. The number of aromatic carboxylic acids is 1. The predicted molar refractivity (Wildman–Crippen MR) is 84.4 cm³/mol. The van der Waals surface area contributed by atoms with Crippen molar-refractivity contribution < 1.29 is 9.90 Å². The van der Waals surface area contributed by atoms with E-state index < -0.39 is 11.4 Å². The van der Waals surface area contributed by atoms with Crippen LogP contribution in [0.4, 0.5) is 0 Å². The van der Waals surface area contributed by atoms with Crippen molar-refractivity contribution in [3.63, 3.8) is 0 Å². The van der Waals surface area contributed by atoms with Crippen molar-refractivity contribution in [1.29, 1.82) is 0 Å². The quantitative estimate of drug-likeness (QED) is 0.793. The molecule has 3 aromatic heterocycles. The van der Waals surface area contributed by atoms with Crippen molar-refractivity contribution in [3.8, 4) is 11.4 Å². The molecule has 0 spiro atoms. The van der Waals surface area contributed by atoms with Gasteiger partial charge in [0.15, 0.2) is 5.82 Å². The highest BCUT2D eigenvalue weighted by Gasteiger charge is 2.16. The molecule has 116 valence electrons. The van der Waals surface area contributed by atoms with Gasteiger partial charge in [0.05, 0.1) is 5.39 Å². The van der Waals surface area contributed by atoms with E-state index in [4.69, 9.17) is 5.11 Å². The van der Waals surface area contributed by atoms with E-state index in [1.54, 1.807) is 16.8 Å². The smallest absolute Gasteiger partial charge is 0.341 e. The van der Waals surface area contributed by atoms with Gasteiger partial charge in [-0.15, -0.1) is 0 Å². The molecule has 7 nitrogen and oxygen atoms in total. The minimum Gasteiger partial charge on any atom is -0.477 e. The second-order valence-corrected chi connectivity index (χ2v) is 5.08. The van der Waals surface area contributed by atoms with Gasteiger partial charge in [-0.25, -0.2) is 14.8 Å². The van der Waals surface area contributed by atoms with Crippen LogP contribution in [0.5, 0.6) is 0 Å². The summed E-state index contributed by atoms with van der Waals surface area (Å²) in [4.78, 5) is 36.2. The Kier molecular flexibility index (Phi) is 3.61. The lowest BCUT2D eigenvalue weighted by Gasteiger charge is -2.10. The summed E-state index contributed by atoms with van der Waals surface area (Å²) in [7, 11) is 0. The van der Waals surface area contributed by atoms with Crippen LogP contribution >= 0.6 is 0 Å². The first kappa shape index (κ1) is 14.8. The lowest BCUT2D eigenvalue weighted by atomic mass is 10.2. The van der Waals surface area contributed by atoms with Gasteiger partial charge in [-0.1, -0.05) is 0 Å². The van der Waals surface area contributed by atoms with E-state index in [-0.39, 0.29) is 10.9 Å². The molecule has 1 N–H and O–H groups in total. The number of carboxylic acid groups (broad SMARTS) is 1. The highest BCUT2D eigenvalue weighted by atomic mass is 16.4. The predicted octanol–water partition coefficient (Wildman–Crippen LogP) is 1.88. The highest BCUT2D eigenvalue weighted by Crippen LogP contribution is 2.18. The van der Waals surface area contributed by atoms with Crippen molar-refractivity contribution >= 4 is 17.0 Å². The summed E-state index contributed by atoms with van der Waals surface area (Å²) in [5.41, 5.74) is 1.18. The van der Waals surface area contributed by atoms with Gasteiger partial charge in [-0.3, -0.25) is 9.78 Å². The second-order valence-electron chi connectivity index (χ2n) is 5.08. The van der Waals surface area contributed by atoms with Crippen molar-refractivity contribution in [2.75, 3.05) is 0 Å². The number of hydrogen-bond donors (Lipinski definition) is 1. The van der Waals surface area contributed by atoms with E-state index in [1.165, 1.54) is 12.4 Å². The SMILES string of the molecule is CCn1cc(C(=O)O)c(=O)c2cnc(-c3ccnc(C)c3)nc21. The fourth-order valence-electron chi connectivity index (χ4n) is 2.39. The maximum Gasteiger partial charge on any atom is 0.341 e. The van der Waals surface area contributed by atoms with Crippen molar-refractivity contribution in [3.05, 3.63) is 52.2 Å². The van der Waals surface area contributed by atoms with Crippen molar-refractivity contribution in [2.24, 2.45) is 0 Å². The molecule has 0 saturated carbocycles. The number of aromatic nitrogens is 4. The second kappa shape index (κ2) is 5.60. The van der Waals surface area contributed by atoms with Crippen LogP contribution in [-0.4, -0.2) is 30.6 Å². The van der Waals surface area contributed by atoms with Gasteiger partial charge in [-0.05, 0) is 26.0 Å². The third kappa shape index (κ3) is 2.57. The van der Waals surface area contributed by atoms with E-state index in [1.807, 2.05) is 19.9 Å². The molecule has 0 fully saturated rings. The first-order valence-corrected chi connectivity index (χ1v) is 7.07. The molecule has 3 aromatic rings. The fourth-order valence-corrected chi connectivity index (χ4v) is 2.39. The summed E-state index contributed by atoms with van der Waals surface area (Å²) >= 11 is 0. The highest BCUT2D eigenvalue weighted by molar-refractivity contribution is 5.91. The van der Waals surface area contributed by atoms with Gasteiger partial charge in [0.1, 0.15) is 11.2 Å². The van der Waals surface area contributed by atoms with E-state index in [0.29, 0.717) is 18.0 Å². The Bertz CT molecular complexity index is 979. The minimum atomic E-state index is -1.26. The molecule has 0 unspecified atom stereocenters. The maximum atomic E-state index is 12.3.